The first-order chi connectivity index (χ1) is 25.4. The van der Waals surface area contributed by atoms with Crippen LogP contribution in [0.5, 0.6) is 0 Å². The van der Waals surface area contributed by atoms with Crippen LogP contribution in [0.1, 0.15) is 56.3 Å². The molecule has 0 spiro atoms. The number of esters is 1. The van der Waals surface area contributed by atoms with E-state index in [1.807, 2.05) is 54.3 Å². The Hall–Kier alpha value is -3.77. The summed E-state index contributed by atoms with van der Waals surface area (Å²) in [5, 5.41) is 6.85. The molecule has 15 heteroatoms. The van der Waals surface area contributed by atoms with Gasteiger partial charge in [0, 0.05) is 101 Å². The van der Waals surface area contributed by atoms with Gasteiger partial charge in [0.05, 0.1) is 52.7 Å². The summed E-state index contributed by atoms with van der Waals surface area (Å²) >= 11 is 2.11. The maximum absolute atomic E-state index is 16.2. The molecule has 6 rings (SSSR count). The monoisotopic (exact) mass is 874 g/mol. The topological polar surface area (TPSA) is 131 Å². The van der Waals surface area contributed by atoms with Gasteiger partial charge in [-0.2, -0.15) is 5.10 Å². The molecule has 2 unspecified atom stereocenters. The molecule has 0 fully saturated rings. The Bertz CT molecular complexity index is 2190. The van der Waals surface area contributed by atoms with Gasteiger partial charge in [-0.15, -0.1) is 0 Å². The van der Waals surface area contributed by atoms with Gasteiger partial charge in [-0.3, -0.25) is 13.4 Å². The predicted molar refractivity (Wildman–Crippen MR) is 212 cm³/mol. The normalized spacial score (nSPS) is 19.1. The molecule has 3 aromatic carbocycles. The van der Waals surface area contributed by atoms with Crippen molar-refractivity contribution >= 4 is 58.0 Å². The highest BCUT2D eigenvalue weighted by molar-refractivity contribution is 14.2. The Morgan fingerprint density at radius 2 is 1.94 bits per heavy atom. The summed E-state index contributed by atoms with van der Waals surface area (Å²) in [5.74, 6) is 5.03. The zero-order valence-electron chi connectivity index (χ0n) is 29.6. The molecule has 0 saturated carbocycles. The number of carbonyl (C=O) groups excluding carboxylic acids is 1. The van der Waals surface area contributed by atoms with Crippen LogP contribution in [0.15, 0.2) is 94.7 Å². The van der Waals surface area contributed by atoms with Gasteiger partial charge >= 0.3 is 5.97 Å². The van der Waals surface area contributed by atoms with Gasteiger partial charge in [0.15, 0.2) is 0 Å². The molecule has 4 N–H and O–H groups in total. The van der Waals surface area contributed by atoms with Gasteiger partial charge in [-0.1, -0.05) is 38.1 Å². The molecule has 0 radical (unpaired) electrons. The number of benzene rings is 3. The standard InChI is InChI=1S/C38H41F2IN6O4S2/c1-4-51-36(48)11-8-24-6-5-7-25(18-24)33-14-17-50-23-38(2,3)35(42)22-45(43)21-29-27-12-16-47(52-41)34(27)20-31(40)37(29)53(49)26-9-10-30(39)28(19-26)32-13-15-46(33)44-32/h5-7,9-10,12-13,15-16,18-20,22,33H,4,8,11,14,17,21,23,42-43H2,1-3H3/b35-22-. The quantitative estimate of drug-likeness (QED) is 0.0998. The smallest absolute Gasteiger partial charge is 0.306 e. The van der Waals surface area contributed by atoms with Crippen LogP contribution in [0.25, 0.3) is 22.2 Å². The van der Waals surface area contributed by atoms with Crippen LogP contribution in [0.4, 0.5) is 8.78 Å². The molecule has 1 aliphatic heterocycles. The number of hydrazine groups is 1. The van der Waals surface area contributed by atoms with Crippen LogP contribution in [0.2, 0.25) is 0 Å². The second kappa shape index (κ2) is 16.7. The number of aryl methyl sites for hydroxylation is 1. The van der Waals surface area contributed by atoms with E-state index in [4.69, 9.17) is 26.1 Å². The highest BCUT2D eigenvalue weighted by Gasteiger charge is 2.27. The number of carbonyl (C=O) groups is 1. The van der Waals surface area contributed by atoms with Crippen LogP contribution in [0.3, 0.4) is 0 Å². The van der Waals surface area contributed by atoms with E-state index in [0.29, 0.717) is 53.9 Å². The summed E-state index contributed by atoms with van der Waals surface area (Å²) in [7, 11) is -0.701. The first-order valence-corrected chi connectivity index (χ1v) is 21.6. The maximum Gasteiger partial charge on any atom is 0.306 e. The summed E-state index contributed by atoms with van der Waals surface area (Å²) in [6.45, 7) is 6.59. The molecular formula is C38H41F2IN6O4S2. The minimum Gasteiger partial charge on any atom is -0.466 e. The van der Waals surface area contributed by atoms with Crippen molar-refractivity contribution in [2.45, 2.75) is 62.4 Å². The summed E-state index contributed by atoms with van der Waals surface area (Å²) in [6, 6.07) is 16.6. The summed E-state index contributed by atoms with van der Waals surface area (Å²) in [6.07, 6.45) is 6.44. The Kier molecular flexibility index (Phi) is 12.3. The number of fused-ring (bicyclic) bond motifs is 8. The van der Waals surface area contributed by atoms with Crippen molar-refractivity contribution in [3.8, 4) is 11.3 Å². The molecule has 53 heavy (non-hydrogen) atoms. The zero-order chi connectivity index (χ0) is 37.9. The maximum atomic E-state index is 16.2. The third-order valence-electron chi connectivity index (χ3n) is 9.27. The molecule has 2 atom stereocenters. The summed E-state index contributed by atoms with van der Waals surface area (Å²) < 4.78 is 61.1. The van der Waals surface area contributed by atoms with Crippen molar-refractivity contribution in [2.75, 3.05) is 19.8 Å². The molecule has 0 saturated heterocycles. The summed E-state index contributed by atoms with van der Waals surface area (Å²) in [4.78, 5) is 12.2. The average Bonchev–Trinajstić information content (AvgIpc) is 3.78. The third kappa shape index (κ3) is 8.64. The first-order valence-electron chi connectivity index (χ1n) is 17.1. The number of hydrogen-bond acceptors (Lipinski definition) is 9. The predicted octanol–water partition coefficient (Wildman–Crippen LogP) is 7.80. The average molecular weight is 875 g/mol. The number of ether oxygens (including phenoxy) is 2. The van der Waals surface area contributed by atoms with Crippen LogP contribution < -0.4 is 11.6 Å². The van der Waals surface area contributed by atoms with Gasteiger partial charge in [0.1, 0.15) is 11.6 Å². The lowest BCUT2D eigenvalue weighted by Crippen LogP contribution is -2.33. The summed E-state index contributed by atoms with van der Waals surface area (Å²) in [5.41, 5.74) is 9.77. The van der Waals surface area contributed by atoms with Gasteiger partial charge < -0.3 is 20.2 Å². The molecule has 5 aromatic rings. The van der Waals surface area contributed by atoms with E-state index in [1.165, 1.54) is 38.4 Å². The van der Waals surface area contributed by atoms with E-state index in [1.54, 1.807) is 30.1 Å². The first kappa shape index (κ1) is 38.9. The Morgan fingerprint density at radius 3 is 2.72 bits per heavy atom. The van der Waals surface area contributed by atoms with E-state index in [2.05, 4.69) is 21.2 Å². The number of rotatable bonds is 6. The molecule has 3 heterocycles. The Morgan fingerprint density at radius 1 is 1.13 bits per heavy atom. The molecule has 0 aliphatic carbocycles. The van der Waals surface area contributed by atoms with Crippen LogP contribution >= 0.6 is 30.3 Å². The fourth-order valence-corrected chi connectivity index (χ4v) is 9.01. The highest BCUT2D eigenvalue weighted by Crippen LogP contribution is 2.36. The number of hydrogen-bond donors (Lipinski definition) is 2. The SMILES string of the molecule is CCOC(=O)CCc1cccc(C2CCOCC(C)(C)/C(N)=C/N(N)Cc3c(c(F)cc4c3ccn4SI)S(=O)c3ccc(F)c(c3)-c3ccn2n3)c1. The second-order valence-corrected chi connectivity index (χ2v) is 16.6. The van der Waals surface area contributed by atoms with Crippen molar-refractivity contribution < 1.29 is 27.3 Å². The van der Waals surface area contributed by atoms with E-state index < -0.39 is 27.8 Å². The Balaban J connectivity index is 1.45. The molecule has 2 aromatic heterocycles. The lowest BCUT2D eigenvalue weighted by atomic mass is 9.91. The van der Waals surface area contributed by atoms with Crippen molar-refractivity contribution in [1.29, 1.82) is 0 Å². The van der Waals surface area contributed by atoms with Crippen molar-refractivity contribution in [3.63, 3.8) is 0 Å². The van der Waals surface area contributed by atoms with Crippen molar-refractivity contribution in [1.82, 2.24) is 18.8 Å². The van der Waals surface area contributed by atoms with E-state index in [9.17, 15) is 9.00 Å². The van der Waals surface area contributed by atoms with Crippen LogP contribution in [0, 0.1) is 17.0 Å². The van der Waals surface area contributed by atoms with Gasteiger partial charge in [-0.05, 0) is 61.2 Å². The number of nitrogens with zero attached hydrogens (tertiary/aromatic N) is 4. The number of aromatic nitrogens is 3. The fourth-order valence-electron chi connectivity index (χ4n) is 6.36. The van der Waals surface area contributed by atoms with E-state index in [-0.39, 0.29) is 46.9 Å². The van der Waals surface area contributed by atoms with Crippen molar-refractivity contribution in [2.24, 2.45) is 17.0 Å². The lowest BCUT2D eigenvalue weighted by Gasteiger charge is -2.28. The Labute approximate surface area is 326 Å². The van der Waals surface area contributed by atoms with Crippen molar-refractivity contribution in [3.05, 3.63) is 113 Å². The van der Waals surface area contributed by atoms with Gasteiger partial charge in [0.2, 0.25) is 0 Å². The molecule has 280 valence electrons. The lowest BCUT2D eigenvalue weighted by molar-refractivity contribution is -0.143. The molecule has 1 aliphatic rings. The minimum absolute atomic E-state index is 0.0120. The molecule has 0 amide bonds. The van der Waals surface area contributed by atoms with Gasteiger partial charge in [0.25, 0.3) is 0 Å². The fraction of sp³-hybridized carbons (Fsp3) is 0.316. The number of nitrogens with two attached hydrogens (primary N) is 2. The van der Waals surface area contributed by atoms with Crippen LogP contribution in [-0.2, 0) is 38.0 Å². The minimum atomic E-state index is -2.07. The second-order valence-electron chi connectivity index (χ2n) is 13.4. The molecule has 10 nitrogen and oxygen atoms in total. The zero-order valence-corrected chi connectivity index (χ0v) is 33.4. The largest absolute Gasteiger partial charge is 0.466 e. The van der Waals surface area contributed by atoms with Crippen LogP contribution in [-0.4, -0.2) is 48.8 Å². The van der Waals surface area contributed by atoms with E-state index >= 15 is 8.78 Å². The molecule has 4 bridgehead atoms. The van der Waals surface area contributed by atoms with Gasteiger partial charge in [-0.25, -0.2) is 18.8 Å². The highest BCUT2D eigenvalue weighted by atomic mass is 127. The van der Waals surface area contributed by atoms with E-state index in [0.717, 1.165) is 11.1 Å². The third-order valence-corrected chi connectivity index (χ3v) is 12.5. The molecular weight excluding hydrogens is 833 g/mol. The number of halogens is 3.